The smallest absolute Gasteiger partial charge is 0.338 e. The van der Waals surface area contributed by atoms with Crippen LogP contribution in [0.5, 0.6) is 0 Å². The van der Waals surface area contributed by atoms with E-state index in [0.717, 1.165) is 12.2 Å². The molecule has 0 unspecified atom stereocenters. The molecule has 0 aliphatic rings. The fraction of sp³-hybridized carbons (Fsp3) is 0.312. The van der Waals surface area contributed by atoms with Crippen LogP contribution in [0, 0.1) is 13.8 Å². The summed E-state index contributed by atoms with van der Waals surface area (Å²) in [6.45, 7) is 7.26. The van der Waals surface area contributed by atoms with E-state index in [-0.39, 0.29) is 5.97 Å². The number of hydrogen-bond donors (Lipinski definition) is 1. The summed E-state index contributed by atoms with van der Waals surface area (Å²) in [7, 11) is 0. The third-order valence-electron chi connectivity index (χ3n) is 3.02. The minimum Gasteiger partial charge on any atom is -0.462 e. The molecule has 4 heteroatoms. The van der Waals surface area contributed by atoms with E-state index >= 15 is 0 Å². The second-order valence-corrected chi connectivity index (χ2v) is 6.05. The number of anilines is 1. The number of nitrogens with one attached hydrogen (secondary N) is 1. The molecule has 1 aromatic heterocycles. The zero-order chi connectivity index (χ0) is 14.5. The van der Waals surface area contributed by atoms with Crippen molar-refractivity contribution in [3.63, 3.8) is 0 Å². The maximum absolute atomic E-state index is 11.5. The number of benzene rings is 1. The Labute approximate surface area is 123 Å². The van der Waals surface area contributed by atoms with Crippen LogP contribution >= 0.6 is 11.3 Å². The molecule has 0 amide bonds. The standard InChI is InChI=1S/C16H19NO2S/c1-4-19-16(18)13-5-7-15(8-6-13)17-10-14-9-11(2)20-12(14)3/h5-9,17H,4,10H2,1-3H3. The van der Waals surface area contributed by atoms with Gasteiger partial charge >= 0.3 is 5.97 Å². The van der Waals surface area contributed by atoms with Crippen molar-refractivity contribution in [2.24, 2.45) is 0 Å². The Morgan fingerprint density at radius 3 is 2.50 bits per heavy atom. The van der Waals surface area contributed by atoms with Gasteiger partial charge in [-0.25, -0.2) is 4.79 Å². The average molecular weight is 289 g/mol. The SMILES string of the molecule is CCOC(=O)c1ccc(NCc2cc(C)sc2C)cc1. The van der Waals surface area contributed by atoms with Crippen molar-refractivity contribution < 1.29 is 9.53 Å². The Bertz CT molecular complexity index is 587. The molecule has 0 spiro atoms. The lowest BCUT2D eigenvalue weighted by Gasteiger charge is -2.07. The molecule has 20 heavy (non-hydrogen) atoms. The minimum atomic E-state index is -0.275. The maximum Gasteiger partial charge on any atom is 0.338 e. The number of carbonyl (C=O) groups is 1. The van der Waals surface area contributed by atoms with Crippen molar-refractivity contribution in [3.05, 3.63) is 51.2 Å². The summed E-state index contributed by atoms with van der Waals surface area (Å²) in [5.74, 6) is -0.275. The van der Waals surface area contributed by atoms with E-state index in [2.05, 4.69) is 25.2 Å². The first-order chi connectivity index (χ1) is 9.60. The van der Waals surface area contributed by atoms with Crippen molar-refractivity contribution in [1.82, 2.24) is 0 Å². The third-order valence-corrected chi connectivity index (χ3v) is 4.03. The van der Waals surface area contributed by atoms with E-state index in [4.69, 9.17) is 4.74 Å². The fourth-order valence-electron chi connectivity index (χ4n) is 1.99. The summed E-state index contributed by atoms with van der Waals surface area (Å²) in [6, 6.07) is 9.58. The van der Waals surface area contributed by atoms with Crippen LogP contribution in [-0.2, 0) is 11.3 Å². The van der Waals surface area contributed by atoms with Crippen LogP contribution < -0.4 is 5.32 Å². The lowest BCUT2D eigenvalue weighted by molar-refractivity contribution is 0.0526. The highest BCUT2D eigenvalue weighted by molar-refractivity contribution is 7.12. The number of esters is 1. The number of ether oxygens (including phenoxy) is 1. The van der Waals surface area contributed by atoms with Gasteiger partial charge < -0.3 is 10.1 Å². The van der Waals surface area contributed by atoms with Crippen molar-refractivity contribution in [2.75, 3.05) is 11.9 Å². The van der Waals surface area contributed by atoms with Crippen molar-refractivity contribution >= 4 is 23.0 Å². The van der Waals surface area contributed by atoms with Gasteiger partial charge in [0.05, 0.1) is 12.2 Å². The van der Waals surface area contributed by atoms with Crippen LogP contribution in [0.3, 0.4) is 0 Å². The van der Waals surface area contributed by atoms with Gasteiger partial charge in [0.15, 0.2) is 0 Å². The highest BCUT2D eigenvalue weighted by Gasteiger charge is 2.06. The van der Waals surface area contributed by atoms with Crippen LogP contribution in [0.1, 0.15) is 32.6 Å². The molecule has 1 aromatic carbocycles. The van der Waals surface area contributed by atoms with Crippen LogP contribution in [0.2, 0.25) is 0 Å². The summed E-state index contributed by atoms with van der Waals surface area (Å²) in [6.07, 6.45) is 0. The molecular weight excluding hydrogens is 270 g/mol. The Hall–Kier alpha value is -1.81. The molecular formula is C16H19NO2S. The van der Waals surface area contributed by atoms with E-state index in [1.807, 2.05) is 23.5 Å². The Balaban J connectivity index is 1.97. The third kappa shape index (κ3) is 3.61. The second kappa shape index (κ2) is 6.57. The quantitative estimate of drug-likeness (QED) is 0.840. The molecule has 0 atom stereocenters. The van der Waals surface area contributed by atoms with Crippen molar-refractivity contribution in [3.8, 4) is 0 Å². The fourth-order valence-corrected chi connectivity index (χ4v) is 2.94. The topological polar surface area (TPSA) is 38.3 Å². The molecule has 2 rings (SSSR count). The number of carbonyl (C=O) groups excluding carboxylic acids is 1. The highest BCUT2D eigenvalue weighted by Crippen LogP contribution is 2.21. The number of rotatable bonds is 5. The molecule has 0 aliphatic heterocycles. The molecule has 106 valence electrons. The second-order valence-electron chi connectivity index (χ2n) is 4.59. The first-order valence-electron chi connectivity index (χ1n) is 6.67. The van der Waals surface area contributed by atoms with Gasteiger partial charge in [-0.3, -0.25) is 0 Å². The zero-order valence-electron chi connectivity index (χ0n) is 12.0. The Kier molecular flexibility index (Phi) is 4.79. The number of aryl methyl sites for hydroxylation is 2. The largest absolute Gasteiger partial charge is 0.462 e. The first kappa shape index (κ1) is 14.6. The van der Waals surface area contributed by atoms with E-state index in [9.17, 15) is 4.79 Å². The molecule has 3 nitrogen and oxygen atoms in total. The molecule has 0 fully saturated rings. The molecule has 0 aliphatic carbocycles. The van der Waals surface area contributed by atoms with E-state index in [1.165, 1.54) is 15.3 Å². The van der Waals surface area contributed by atoms with E-state index in [1.54, 1.807) is 19.1 Å². The predicted molar refractivity (Wildman–Crippen MR) is 83.5 cm³/mol. The lowest BCUT2D eigenvalue weighted by Crippen LogP contribution is -2.05. The normalized spacial score (nSPS) is 10.3. The number of hydrogen-bond acceptors (Lipinski definition) is 4. The van der Waals surface area contributed by atoms with E-state index in [0.29, 0.717) is 12.2 Å². The molecule has 0 radical (unpaired) electrons. The Morgan fingerprint density at radius 1 is 1.25 bits per heavy atom. The molecule has 0 saturated heterocycles. The van der Waals surface area contributed by atoms with Crippen LogP contribution in [0.4, 0.5) is 5.69 Å². The van der Waals surface area contributed by atoms with E-state index < -0.39 is 0 Å². The molecule has 1 N–H and O–H groups in total. The van der Waals surface area contributed by atoms with Gasteiger partial charge in [-0.15, -0.1) is 11.3 Å². The highest BCUT2D eigenvalue weighted by atomic mass is 32.1. The lowest BCUT2D eigenvalue weighted by atomic mass is 10.2. The van der Waals surface area contributed by atoms with Gasteiger partial charge in [-0.05, 0) is 56.7 Å². The summed E-state index contributed by atoms with van der Waals surface area (Å²) < 4.78 is 4.96. The van der Waals surface area contributed by atoms with Crippen molar-refractivity contribution in [2.45, 2.75) is 27.3 Å². The Morgan fingerprint density at radius 2 is 1.95 bits per heavy atom. The van der Waals surface area contributed by atoms with Gasteiger partial charge in [0.1, 0.15) is 0 Å². The minimum absolute atomic E-state index is 0.275. The molecule has 1 heterocycles. The molecule has 0 saturated carbocycles. The van der Waals surface area contributed by atoms with Gasteiger partial charge in [0, 0.05) is 22.0 Å². The molecule has 0 bridgehead atoms. The van der Waals surface area contributed by atoms with Gasteiger partial charge in [-0.2, -0.15) is 0 Å². The summed E-state index contributed by atoms with van der Waals surface area (Å²) in [4.78, 5) is 14.2. The number of thiophene rings is 1. The predicted octanol–water partition coefficient (Wildman–Crippen LogP) is 4.15. The summed E-state index contributed by atoms with van der Waals surface area (Å²) in [5.41, 5.74) is 2.91. The maximum atomic E-state index is 11.5. The van der Waals surface area contributed by atoms with Crippen LogP contribution in [-0.4, -0.2) is 12.6 Å². The summed E-state index contributed by atoms with van der Waals surface area (Å²) in [5, 5.41) is 3.37. The zero-order valence-corrected chi connectivity index (χ0v) is 12.8. The van der Waals surface area contributed by atoms with Gasteiger partial charge in [0.2, 0.25) is 0 Å². The van der Waals surface area contributed by atoms with Gasteiger partial charge in [0.25, 0.3) is 0 Å². The van der Waals surface area contributed by atoms with Crippen LogP contribution in [0.25, 0.3) is 0 Å². The average Bonchev–Trinajstić information content (AvgIpc) is 2.75. The summed E-state index contributed by atoms with van der Waals surface area (Å²) >= 11 is 1.81. The monoisotopic (exact) mass is 289 g/mol. The molecule has 2 aromatic rings. The van der Waals surface area contributed by atoms with Gasteiger partial charge in [-0.1, -0.05) is 0 Å². The van der Waals surface area contributed by atoms with Crippen LogP contribution in [0.15, 0.2) is 30.3 Å². The first-order valence-corrected chi connectivity index (χ1v) is 7.48. The van der Waals surface area contributed by atoms with Crippen molar-refractivity contribution in [1.29, 1.82) is 0 Å².